The van der Waals surface area contributed by atoms with Gasteiger partial charge in [0.05, 0.1) is 5.39 Å². The quantitative estimate of drug-likeness (QED) is 0.708. The first-order valence-electron chi connectivity index (χ1n) is 4.88. The van der Waals surface area contributed by atoms with Crippen LogP contribution >= 0.6 is 0 Å². The molecule has 4 N–H and O–H groups in total. The van der Waals surface area contributed by atoms with Gasteiger partial charge in [-0.1, -0.05) is 13.8 Å². The number of carboxylic acid groups (broad SMARTS) is 1. The van der Waals surface area contributed by atoms with Crippen molar-refractivity contribution in [3.63, 3.8) is 0 Å². The van der Waals surface area contributed by atoms with Crippen molar-refractivity contribution in [3.8, 4) is 0 Å². The van der Waals surface area contributed by atoms with Crippen LogP contribution in [0.2, 0.25) is 0 Å². The lowest BCUT2D eigenvalue weighted by Gasteiger charge is -2.04. The number of carbonyl (C=O) groups is 1. The molecule has 0 saturated heterocycles. The lowest BCUT2D eigenvalue weighted by Crippen LogP contribution is -2.07. The number of carboxylic acids is 1. The average molecular weight is 220 g/mol. The third kappa shape index (κ3) is 1.48. The highest BCUT2D eigenvalue weighted by molar-refractivity contribution is 5.93. The molecule has 6 heteroatoms. The largest absolute Gasteiger partial charge is 0.475 e. The van der Waals surface area contributed by atoms with Crippen LogP contribution in [-0.2, 0) is 0 Å². The van der Waals surface area contributed by atoms with Crippen LogP contribution in [0.25, 0.3) is 11.0 Å². The van der Waals surface area contributed by atoms with E-state index in [0.717, 1.165) is 5.56 Å². The molecule has 2 heterocycles. The fraction of sp³-hybridized carbons (Fsp3) is 0.300. The number of rotatable bonds is 2. The van der Waals surface area contributed by atoms with Gasteiger partial charge in [-0.3, -0.25) is 0 Å². The minimum atomic E-state index is -1.19. The molecule has 0 fully saturated rings. The third-order valence-corrected chi connectivity index (χ3v) is 2.40. The van der Waals surface area contributed by atoms with Crippen LogP contribution in [0.3, 0.4) is 0 Å². The highest BCUT2D eigenvalue weighted by Crippen LogP contribution is 2.27. The van der Waals surface area contributed by atoms with Gasteiger partial charge in [-0.2, -0.15) is 0 Å². The number of nitrogens with one attached hydrogen (secondary N) is 1. The van der Waals surface area contributed by atoms with E-state index in [1.807, 2.05) is 13.8 Å². The van der Waals surface area contributed by atoms with Gasteiger partial charge in [0.1, 0.15) is 11.5 Å². The van der Waals surface area contributed by atoms with E-state index in [0.29, 0.717) is 11.0 Å². The molecule has 2 aromatic heterocycles. The molecule has 0 aliphatic rings. The van der Waals surface area contributed by atoms with Gasteiger partial charge in [0, 0.05) is 6.20 Å². The van der Waals surface area contributed by atoms with Gasteiger partial charge in [0.25, 0.3) is 0 Å². The Morgan fingerprint density at radius 3 is 2.75 bits per heavy atom. The number of nitrogen functional groups attached to an aromatic ring is 1. The zero-order valence-electron chi connectivity index (χ0n) is 8.98. The summed E-state index contributed by atoms with van der Waals surface area (Å²) in [6, 6.07) is 0. The van der Waals surface area contributed by atoms with Crippen molar-refractivity contribution in [2.24, 2.45) is 0 Å². The Morgan fingerprint density at radius 2 is 2.19 bits per heavy atom. The number of aromatic nitrogens is 3. The number of aromatic amines is 1. The predicted octanol–water partition coefficient (Wildman–Crippen LogP) is 1.36. The summed E-state index contributed by atoms with van der Waals surface area (Å²) in [5, 5.41) is 9.50. The molecular formula is C10H12N4O2. The van der Waals surface area contributed by atoms with Gasteiger partial charge in [-0.05, 0) is 11.5 Å². The van der Waals surface area contributed by atoms with Crippen molar-refractivity contribution in [1.82, 2.24) is 15.0 Å². The molecule has 0 aliphatic heterocycles. The Morgan fingerprint density at radius 1 is 1.50 bits per heavy atom. The summed E-state index contributed by atoms with van der Waals surface area (Å²) in [5.74, 6) is -1.00. The van der Waals surface area contributed by atoms with Gasteiger partial charge in [-0.25, -0.2) is 14.8 Å². The summed E-state index contributed by atoms with van der Waals surface area (Å²) in [4.78, 5) is 21.3. The second-order valence-corrected chi connectivity index (χ2v) is 3.86. The maximum Gasteiger partial charge on any atom is 0.374 e. The van der Waals surface area contributed by atoms with Crippen LogP contribution in [-0.4, -0.2) is 26.0 Å². The van der Waals surface area contributed by atoms with Crippen LogP contribution in [0.15, 0.2) is 6.20 Å². The molecule has 0 bridgehead atoms. The number of fused-ring (bicyclic) bond motifs is 1. The number of aromatic carboxylic acids is 1. The average Bonchev–Trinajstić information content (AvgIpc) is 2.61. The Kier molecular flexibility index (Phi) is 2.26. The summed E-state index contributed by atoms with van der Waals surface area (Å²) >= 11 is 0. The molecule has 0 aliphatic carbocycles. The topological polar surface area (TPSA) is 105 Å². The van der Waals surface area contributed by atoms with Crippen molar-refractivity contribution >= 4 is 22.8 Å². The summed E-state index contributed by atoms with van der Waals surface area (Å²) < 4.78 is 0. The van der Waals surface area contributed by atoms with Crippen molar-refractivity contribution in [2.45, 2.75) is 19.8 Å². The summed E-state index contributed by atoms with van der Waals surface area (Å²) in [7, 11) is 0. The van der Waals surface area contributed by atoms with E-state index < -0.39 is 5.97 Å². The molecule has 0 saturated carbocycles. The number of H-pyrrole nitrogens is 1. The number of nitrogens with two attached hydrogens (primary N) is 1. The molecule has 0 unspecified atom stereocenters. The molecule has 0 radical (unpaired) electrons. The predicted molar refractivity (Wildman–Crippen MR) is 59.3 cm³/mol. The first kappa shape index (κ1) is 10.4. The molecule has 0 spiro atoms. The van der Waals surface area contributed by atoms with Crippen LogP contribution in [0.1, 0.15) is 35.9 Å². The van der Waals surface area contributed by atoms with E-state index >= 15 is 0 Å². The zero-order chi connectivity index (χ0) is 11.9. The molecule has 2 aromatic rings. The minimum absolute atomic E-state index is 0.201. The summed E-state index contributed by atoms with van der Waals surface area (Å²) in [5.41, 5.74) is 7.20. The smallest absolute Gasteiger partial charge is 0.374 e. The van der Waals surface area contributed by atoms with Gasteiger partial charge in [0.2, 0.25) is 5.82 Å². The lowest BCUT2D eigenvalue weighted by atomic mass is 10.0. The number of nitrogens with zero attached hydrogens (tertiary/aromatic N) is 2. The van der Waals surface area contributed by atoms with E-state index in [1.54, 1.807) is 6.20 Å². The summed E-state index contributed by atoms with van der Waals surface area (Å²) in [6.07, 6.45) is 1.78. The molecule has 0 amide bonds. The first-order chi connectivity index (χ1) is 7.50. The van der Waals surface area contributed by atoms with Crippen molar-refractivity contribution < 1.29 is 9.90 Å². The van der Waals surface area contributed by atoms with Crippen LogP contribution in [0.4, 0.5) is 5.82 Å². The van der Waals surface area contributed by atoms with E-state index in [4.69, 9.17) is 10.8 Å². The van der Waals surface area contributed by atoms with Crippen molar-refractivity contribution in [3.05, 3.63) is 17.6 Å². The standard InChI is InChI=1S/C10H12N4O2/c1-4(2)5-3-12-8-6(5)7(11)13-9(14-8)10(15)16/h3-4H,1-2H3,(H,15,16)(H3,11,12,13,14). The molecule has 2 rings (SSSR count). The lowest BCUT2D eigenvalue weighted by molar-refractivity contribution is 0.0684. The minimum Gasteiger partial charge on any atom is -0.475 e. The maximum absolute atomic E-state index is 10.7. The first-order valence-corrected chi connectivity index (χ1v) is 4.88. The van der Waals surface area contributed by atoms with E-state index in [-0.39, 0.29) is 17.6 Å². The van der Waals surface area contributed by atoms with Gasteiger partial charge in [0.15, 0.2) is 0 Å². The molecule has 16 heavy (non-hydrogen) atoms. The fourth-order valence-electron chi connectivity index (χ4n) is 1.64. The van der Waals surface area contributed by atoms with Crippen molar-refractivity contribution in [1.29, 1.82) is 0 Å². The Bertz CT molecular complexity index is 559. The third-order valence-electron chi connectivity index (χ3n) is 2.40. The Hall–Kier alpha value is -2.11. The van der Waals surface area contributed by atoms with Gasteiger partial charge < -0.3 is 15.8 Å². The molecule has 84 valence electrons. The van der Waals surface area contributed by atoms with Crippen LogP contribution < -0.4 is 5.73 Å². The van der Waals surface area contributed by atoms with Gasteiger partial charge >= 0.3 is 5.97 Å². The van der Waals surface area contributed by atoms with E-state index in [1.165, 1.54) is 0 Å². The monoisotopic (exact) mass is 220 g/mol. The van der Waals surface area contributed by atoms with Crippen LogP contribution in [0, 0.1) is 0 Å². The Balaban J connectivity index is 2.73. The maximum atomic E-state index is 10.7. The normalized spacial score (nSPS) is 11.2. The highest BCUT2D eigenvalue weighted by Gasteiger charge is 2.16. The second kappa shape index (κ2) is 3.48. The molecular weight excluding hydrogens is 208 g/mol. The van der Waals surface area contributed by atoms with Crippen LogP contribution in [0.5, 0.6) is 0 Å². The highest BCUT2D eigenvalue weighted by atomic mass is 16.4. The number of hydrogen-bond acceptors (Lipinski definition) is 4. The van der Waals surface area contributed by atoms with E-state index in [9.17, 15) is 4.79 Å². The summed E-state index contributed by atoms with van der Waals surface area (Å²) in [6.45, 7) is 4.04. The SMILES string of the molecule is CC(C)c1c[nH]c2nc(C(=O)O)nc(N)c12. The number of hydrogen-bond donors (Lipinski definition) is 3. The molecule has 6 nitrogen and oxygen atoms in total. The molecule has 0 aromatic carbocycles. The van der Waals surface area contributed by atoms with Gasteiger partial charge in [-0.15, -0.1) is 0 Å². The number of anilines is 1. The van der Waals surface area contributed by atoms with E-state index in [2.05, 4.69) is 15.0 Å². The zero-order valence-corrected chi connectivity index (χ0v) is 8.98. The fourth-order valence-corrected chi connectivity index (χ4v) is 1.64. The second-order valence-electron chi connectivity index (χ2n) is 3.86. The molecule has 0 atom stereocenters. The Labute approximate surface area is 91.5 Å². The van der Waals surface area contributed by atoms with Crippen molar-refractivity contribution in [2.75, 3.05) is 5.73 Å².